The summed E-state index contributed by atoms with van der Waals surface area (Å²) in [5.74, 6) is 0.127. The molecule has 108 valence electrons. The van der Waals surface area contributed by atoms with Crippen molar-refractivity contribution in [2.45, 2.75) is 13.5 Å². The maximum absolute atomic E-state index is 13.4. The van der Waals surface area contributed by atoms with Crippen molar-refractivity contribution in [3.63, 3.8) is 0 Å². The molecule has 0 aliphatic heterocycles. The molecule has 0 atom stereocenters. The van der Waals surface area contributed by atoms with E-state index in [1.54, 1.807) is 42.5 Å². The molecule has 5 heteroatoms. The van der Waals surface area contributed by atoms with E-state index in [4.69, 9.17) is 4.74 Å². The van der Waals surface area contributed by atoms with Gasteiger partial charge in [-0.25, -0.2) is 9.82 Å². The molecule has 0 heterocycles. The highest BCUT2D eigenvalue weighted by molar-refractivity contribution is 5.81. The molecule has 0 unspecified atom stereocenters. The van der Waals surface area contributed by atoms with E-state index < -0.39 is 0 Å². The molecule has 0 saturated carbocycles. The molecule has 21 heavy (non-hydrogen) atoms. The molecule has 0 saturated heterocycles. The number of hydrazone groups is 1. The lowest BCUT2D eigenvalue weighted by atomic mass is 10.2. The maximum atomic E-state index is 13.4. The summed E-state index contributed by atoms with van der Waals surface area (Å²) in [6.07, 6.45) is 1.53. The first-order chi connectivity index (χ1) is 10.1. The third-order valence-corrected chi connectivity index (χ3v) is 2.67. The number of hydrogen-bond acceptors (Lipinski definition) is 3. The molecule has 0 spiro atoms. The van der Waals surface area contributed by atoms with Crippen molar-refractivity contribution >= 4 is 12.1 Å². The Morgan fingerprint density at radius 2 is 1.95 bits per heavy atom. The molecule has 4 nitrogen and oxygen atoms in total. The number of nitrogens with one attached hydrogen (secondary N) is 1. The van der Waals surface area contributed by atoms with Crippen LogP contribution in [-0.4, -0.2) is 12.1 Å². The summed E-state index contributed by atoms with van der Waals surface area (Å²) in [7, 11) is 0. The lowest BCUT2D eigenvalue weighted by molar-refractivity contribution is -0.118. The highest BCUT2D eigenvalue weighted by atomic mass is 19.1. The second kappa shape index (κ2) is 7.19. The Kier molecular flexibility index (Phi) is 5.04. The van der Waals surface area contributed by atoms with Crippen molar-refractivity contribution in [1.29, 1.82) is 0 Å². The summed E-state index contributed by atoms with van der Waals surface area (Å²) in [4.78, 5) is 10.7. The van der Waals surface area contributed by atoms with Crippen LogP contribution < -0.4 is 10.2 Å². The monoisotopic (exact) mass is 286 g/mol. The summed E-state index contributed by atoms with van der Waals surface area (Å²) >= 11 is 0. The molecular formula is C16H15FN2O2. The van der Waals surface area contributed by atoms with Gasteiger partial charge in [-0.15, -0.1) is 0 Å². The number of rotatable bonds is 5. The van der Waals surface area contributed by atoms with Gasteiger partial charge >= 0.3 is 0 Å². The van der Waals surface area contributed by atoms with Gasteiger partial charge in [-0.2, -0.15) is 5.10 Å². The number of ether oxygens (including phenoxy) is 1. The predicted molar refractivity (Wildman–Crippen MR) is 78.6 cm³/mol. The van der Waals surface area contributed by atoms with Gasteiger partial charge < -0.3 is 4.74 Å². The fraction of sp³-hybridized carbons (Fsp3) is 0.125. The summed E-state index contributed by atoms with van der Waals surface area (Å²) in [5.41, 5.74) is 3.65. The molecule has 1 amide bonds. The Morgan fingerprint density at radius 1 is 1.24 bits per heavy atom. The molecule has 0 bridgehead atoms. The van der Waals surface area contributed by atoms with Crippen molar-refractivity contribution in [2.75, 3.05) is 0 Å². The number of carbonyl (C=O) groups is 1. The fourth-order valence-electron chi connectivity index (χ4n) is 1.62. The van der Waals surface area contributed by atoms with Gasteiger partial charge in [0.05, 0.1) is 6.21 Å². The molecule has 0 aromatic heterocycles. The highest BCUT2D eigenvalue weighted by Gasteiger charge is 2.01. The van der Waals surface area contributed by atoms with Gasteiger partial charge in [-0.1, -0.05) is 18.2 Å². The van der Waals surface area contributed by atoms with Crippen molar-refractivity contribution in [3.8, 4) is 5.75 Å². The minimum absolute atomic E-state index is 0.173. The Balaban J connectivity index is 1.92. The number of carbonyl (C=O) groups excluding carboxylic acids is 1. The first-order valence-electron chi connectivity index (χ1n) is 6.41. The van der Waals surface area contributed by atoms with Gasteiger partial charge in [0.15, 0.2) is 0 Å². The first-order valence-corrected chi connectivity index (χ1v) is 6.41. The topological polar surface area (TPSA) is 50.7 Å². The van der Waals surface area contributed by atoms with Crippen LogP contribution in [0.15, 0.2) is 53.6 Å². The molecule has 2 rings (SSSR count). The number of benzene rings is 2. The van der Waals surface area contributed by atoms with Gasteiger partial charge in [-0.05, 0) is 35.9 Å². The Bertz CT molecular complexity index is 639. The van der Waals surface area contributed by atoms with Crippen molar-refractivity contribution < 1.29 is 13.9 Å². The Labute approximate surface area is 122 Å². The highest BCUT2D eigenvalue weighted by Crippen LogP contribution is 2.14. The van der Waals surface area contributed by atoms with E-state index in [-0.39, 0.29) is 18.3 Å². The zero-order valence-electron chi connectivity index (χ0n) is 11.5. The first kappa shape index (κ1) is 14.7. The molecule has 0 aliphatic rings. The Hall–Kier alpha value is -2.69. The lowest BCUT2D eigenvalue weighted by Crippen LogP contribution is -2.12. The fourth-order valence-corrected chi connectivity index (χ4v) is 1.62. The van der Waals surface area contributed by atoms with Crippen LogP contribution in [0.25, 0.3) is 0 Å². The minimum Gasteiger partial charge on any atom is -0.489 e. The average molecular weight is 286 g/mol. The van der Waals surface area contributed by atoms with Crippen LogP contribution in [0.2, 0.25) is 0 Å². The molecular weight excluding hydrogens is 271 g/mol. The second-order valence-electron chi connectivity index (χ2n) is 4.38. The summed E-state index contributed by atoms with van der Waals surface area (Å²) in [5, 5.41) is 3.76. The minimum atomic E-state index is -0.281. The zero-order valence-corrected chi connectivity index (χ0v) is 11.5. The van der Waals surface area contributed by atoms with E-state index in [1.165, 1.54) is 19.2 Å². The summed E-state index contributed by atoms with van der Waals surface area (Å²) in [6, 6.07) is 13.6. The lowest BCUT2D eigenvalue weighted by Gasteiger charge is -2.07. The molecule has 1 N–H and O–H groups in total. The van der Waals surface area contributed by atoms with Crippen LogP contribution in [0.1, 0.15) is 18.1 Å². The zero-order chi connectivity index (χ0) is 15.1. The molecule has 2 aromatic carbocycles. The van der Waals surface area contributed by atoms with E-state index >= 15 is 0 Å². The second-order valence-corrected chi connectivity index (χ2v) is 4.38. The SMILES string of the molecule is CC(=O)N/N=C/c1ccc(OCc2ccccc2F)cc1. The molecule has 0 fully saturated rings. The van der Waals surface area contributed by atoms with Crippen molar-refractivity contribution in [2.24, 2.45) is 5.10 Å². The number of hydrogen-bond donors (Lipinski definition) is 1. The third-order valence-electron chi connectivity index (χ3n) is 2.67. The van der Waals surface area contributed by atoms with Gasteiger partial charge in [0.2, 0.25) is 5.91 Å². The van der Waals surface area contributed by atoms with Crippen molar-refractivity contribution in [1.82, 2.24) is 5.43 Å². The summed E-state index contributed by atoms with van der Waals surface area (Å²) < 4.78 is 18.9. The predicted octanol–water partition coefficient (Wildman–Crippen LogP) is 2.87. The van der Waals surface area contributed by atoms with Gasteiger partial charge in [-0.3, -0.25) is 4.79 Å². The van der Waals surface area contributed by atoms with Crippen LogP contribution in [0.3, 0.4) is 0 Å². The Morgan fingerprint density at radius 3 is 2.62 bits per heavy atom. The normalized spacial score (nSPS) is 10.6. The van der Waals surface area contributed by atoms with Crippen LogP contribution in [0, 0.1) is 5.82 Å². The standard InChI is InChI=1S/C16H15FN2O2/c1-12(20)19-18-10-13-6-8-15(9-7-13)21-11-14-4-2-3-5-16(14)17/h2-10H,11H2,1H3,(H,19,20)/b18-10+. The van der Waals surface area contributed by atoms with Crippen LogP contribution in [0.4, 0.5) is 4.39 Å². The third kappa shape index (κ3) is 4.72. The van der Waals surface area contributed by atoms with E-state index in [2.05, 4.69) is 10.5 Å². The molecule has 0 radical (unpaired) electrons. The maximum Gasteiger partial charge on any atom is 0.236 e. The number of amides is 1. The number of nitrogens with zero attached hydrogens (tertiary/aromatic N) is 1. The van der Waals surface area contributed by atoms with Gasteiger partial charge in [0.25, 0.3) is 0 Å². The average Bonchev–Trinajstić information content (AvgIpc) is 2.47. The van der Waals surface area contributed by atoms with E-state index in [0.717, 1.165) is 5.56 Å². The quantitative estimate of drug-likeness (QED) is 0.678. The van der Waals surface area contributed by atoms with Crippen LogP contribution in [-0.2, 0) is 11.4 Å². The van der Waals surface area contributed by atoms with Crippen molar-refractivity contribution in [3.05, 3.63) is 65.5 Å². The smallest absolute Gasteiger partial charge is 0.236 e. The summed E-state index contributed by atoms with van der Waals surface area (Å²) in [6.45, 7) is 1.56. The molecule has 0 aliphatic carbocycles. The van der Waals surface area contributed by atoms with Crippen LogP contribution in [0.5, 0.6) is 5.75 Å². The number of halogens is 1. The molecule has 2 aromatic rings. The van der Waals surface area contributed by atoms with E-state index in [9.17, 15) is 9.18 Å². The van der Waals surface area contributed by atoms with Gasteiger partial charge in [0, 0.05) is 12.5 Å². The largest absolute Gasteiger partial charge is 0.489 e. The van der Waals surface area contributed by atoms with Crippen LogP contribution >= 0.6 is 0 Å². The van der Waals surface area contributed by atoms with E-state index in [0.29, 0.717) is 11.3 Å². The van der Waals surface area contributed by atoms with E-state index in [1.807, 2.05) is 0 Å². The van der Waals surface area contributed by atoms with Gasteiger partial charge in [0.1, 0.15) is 18.2 Å².